The predicted molar refractivity (Wildman–Crippen MR) is 128 cm³/mol. The lowest BCUT2D eigenvalue weighted by atomic mass is 9.97. The molecule has 5 unspecified atom stereocenters. The van der Waals surface area contributed by atoms with Crippen LogP contribution in [0.5, 0.6) is 0 Å². The summed E-state index contributed by atoms with van der Waals surface area (Å²) in [6, 6.07) is -5.32. The minimum atomic E-state index is -1.62. The number of carboxylic acids is 1. The fourth-order valence-electron chi connectivity index (χ4n) is 2.98. The van der Waals surface area contributed by atoms with E-state index in [1.165, 1.54) is 0 Å². The second-order valence-corrected chi connectivity index (χ2v) is 8.23. The SMILES string of the molecule is CCC(C)C(NC(=O)C(N)CC(N)=O)C(=O)NC(CCCN=C(N)N)C(=O)NC(CC(N)=O)C(=O)O. The minimum absolute atomic E-state index is 0.0143. The van der Waals surface area contributed by atoms with Crippen molar-refractivity contribution in [2.75, 3.05) is 6.54 Å². The molecule has 0 aromatic heterocycles. The van der Waals surface area contributed by atoms with Crippen molar-refractivity contribution in [1.82, 2.24) is 16.0 Å². The molecule has 36 heavy (non-hydrogen) atoms. The molecule has 5 atom stereocenters. The van der Waals surface area contributed by atoms with Crippen molar-refractivity contribution >= 4 is 41.5 Å². The van der Waals surface area contributed by atoms with Gasteiger partial charge in [0.05, 0.1) is 18.9 Å². The van der Waals surface area contributed by atoms with Crippen LogP contribution in [0.2, 0.25) is 0 Å². The Hall–Kier alpha value is -3.95. The van der Waals surface area contributed by atoms with E-state index in [4.69, 9.17) is 28.7 Å². The molecule has 0 aliphatic carbocycles. The molecule has 5 amide bonds. The number of hydrogen-bond acceptors (Lipinski definition) is 8. The van der Waals surface area contributed by atoms with Gasteiger partial charge in [-0.05, 0) is 18.8 Å². The number of aliphatic carboxylic acids is 1. The molecule has 16 nitrogen and oxygen atoms in total. The zero-order valence-electron chi connectivity index (χ0n) is 20.4. The number of nitrogens with two attached hydrogens (primary N) is 5. The Kier molecular flexibility index (Phi) is 14.1. The second-order valence-electron chi connectivity index (χ2n) is 8.23. The van der Waals surface area contributed by atoms with Crippen molar-refractivity contribution in [3.8, 4) is 0 Å². The number of rotatable bonds is 17. The molecular formula is C20H37N9O7. The average molecular weight is 516 g/mol. The maximum absolute atomic E-state index is 13.1. The molecule has 0 bridgehead atoms. The number of guanidine groups is 1. The molecule has 0 saturated heterocycles. The summed E-state index contributed by atoms with van der Waals surface area (Å²) in [5, 5.41) is 16.4. The standard InChI is InChI=1S/C20H37N9O7/c1-3-9(2)15(29-16(32)10(21)7-13(22)30)18(34)27-11(5-4-6-26-20(24)25)17(33)28-12(19(35)36)8-14(23)31/h9-12,15H,3-8,21H2,1-2H3,(H2,22,30)(H2,23,31)(H,27,34)(H,28,33)(H,29,32)(H,35,36)(H4,24,25,26). The highest BCUT2D eigenvalue weighted by atomic mass is 16.4. The van der Waals surface area contributed by atoms with Gasteiger partial charge in [0.1, 0.15) is 18.1 Å². The Morgan fingerprint density at radius 2 is 1.39 bits per heavy atom. The predicted octanol–water partition coefficient (Wildman–Crippen LogP) is -4.30. The number of carbonyl (C=O) groups is 6. The van der Waals surface area contributed by atoms with Crippen molar-refractivity contribution in [2.24, 2.45) is 39.6 Å². The molecule has 0 radical (unpaired) electrons. The van der Waals surface area contributed by atoms with Gasteiger partial charge in [0.25, 0.3) is 0 Å². The first-order chi connectivity index (χ1) is 16.7. The molecule has 0 aromatic carbocycles. The smallest absolute Gasteiger partial charge is 0.326 e. The number of amides is 5. The fraction of sp³-hybridized carbons (Fsp3) is 0.650. The summed E-state index contributed by atoms with van der Waals surface area (Å²) in [5.74, 6) is -6.31. The second kappa shape index (κ2) is 15.9. The molecule has 0 aliphatic heterocycles. The van der Waals surface area contributed by atoms with E-state index in [0.717, 1.165) is 0 Å². The van der Waals surface area contributed by atoms with Crippen molar-refractivity contribution in [3.05, 3.63) is 0 Å². The molecule has 14 N–H and O–H groups in total. The summed E-state index contributed by atoms with van der Waals surface area (Å²) in [7, 11) is 0. The molecule has 0 fully saturated rings. The first-order valence-corrected chi connectivity index (χ1v) is 11.2. The van der Waals surface area contributed by atoms with Crippen molar-refractivity contribution in [3.63, 3.8) is 0 Å². The van der Waals surface area contributed by atoms with Crippen molar-refractivity contribution in [2.45, 2.75) is 70.1 Å². The van der Waals surface area contributed by atoms with Gasteiger partial charge >= 0.3 is 5.97 Å². The Bertz CT molecular complexity index is 845. The monoisotopic (exact) mass is 515 g/mol. The van der Waals surface area contributed by atoms with E-state index >= 15 is 0 Å². The quantitative estimate of drug-likeness (QED) is 0.0509. The normalized spacial score (nSPS) is 14.8. The molecule has 0 heterocycles. The van der Waals surface area contributed by atoms with Gasteiger partial charge in [-0.25, -0.2) is 4.79 Å². The summed E-state index contributed by atoms with van der Waals surface area (Å²) in [6.07, 6.45) is -0.455. The highest BCUT2D eigenvalue weighted by Crippen LogP contribution is 2.10. The van der Waals surface area contributed by atoms with Crippen LogP contribution in [0.4, 0.5) is 0 Å². The van der Waals surface area contributed by atoms with Crippen LogP contribution < -0.4 is 44.6 Å². The lowest BCUT2D eigenvalue weighted by Crippen LogP contribution is -2.59. The summed E-state index contributed by atoms with van der Waals surface area (Å²) >= 11 is 0. The number of carboxylic acid groups (broad SMARTS) is 1. The molecule has 0 aromatic rings. The Morgan fingerprint density at radius 3 is 1.86 bits per heavy atom. The first kappa shape index (κ1) is 32.0. The molecule has 0 aliphatic rings. The van der Waals surface area contributed by atoms with Gasteiger partial charge in [-0.3, -0.25) is 29.0 Å². The van der Waals surface area contributed by atoms with Crippen LogP contribution in [0.3, 0.4) is 0 Å². The van der Waals surface area contributed by atoms with E-state index in [-0.39, 0.29) is 25.3 Å². The van der Waals surface area contributed by atoms with Gasteiger partial charge < -0.3 is 49.7 Å². The topological polar surface area (TPSA) is 301 Å². The van der Waals surface area contributed by atoms with Crippen molar-refractivity contribution in [1.29, 1.82) is 0 Å². The van der Waals surface area contributed by atoms with Gasteiger partial charge in [0.15, 0.2) is 5.96 Å². The zero-order chi connectivity index (χ0) is 28.0. The highest BCUT2D eigenvalue weighted by molar-refractivity contribution is 5.95. The third kappa shape index (κ3) is 12.5. The van der Waals surface area contributed by atoms with E-state index in [1.807, 2.05) is 0 Å². The van der Waals surface area contributed by atoms with Crippen LogP contribution >= 0.6 is 0 Å². The largest absolute Gasteiger partial charge is 0.480 e. The zero-order valence-corrected chi connectivity index (χ0v) is 20.4. The average Bonchev–Trinajstić information content (AvgIpc) is 2.76. The third-order valence-electron chi connectivity index (χ3n) is 5.15. The summed E-state index contributed by atoms with van der Waals surface area (Å²) in [6.45, 7) is 3.55. The molecule has 0 rings (SSSR count). The summed E-state index contributed by atoms with van der Waals surface area (Å²) in [5.41, 5.74) is 26.3. The van der Waals surface area contributed by atoms with Crippen LogP contribution in [0.1, 0.15) is 46.0 Å². The first-order valence-electron chi connectivity index (χ1n) is 11.2. The number of aliphatic imine (C=N–C) groups is 1. The lowest BCUT2D eigenvalue weighted by molar-refractivity contribution is -0.143. The van der Waals surface area contributed by atoms with Gasteiger partial charge in [-0.1, -0.05) is 20.3 Å². The van der Waals surface area contributed by atoms with E-state index in [9.17, 15) is 33.9 Å². The van der Waals surface area contributed by atoms with E-state index < -0.39 is 78.4 Å². The Balaban J connectivity index is 5.72. The maximum Gasteiger partial charge on any atom is 0.326 e. The third-order valence-corrected chi connectivity index (χ3v) is 5.15. The van der Waals surface area contributed by atoms with Crippen LogP contribution in [0.25, 0.3) is 0 Å². The molecule has 204 valence electrons. The van der Waals surface area contributed by atoms with Crippen LogP contribution in [-0.4, -0.2) is 77.3 Å². The van der Waals surface area contributed by atoms with E-state index in [1.54, 1.807) is 13.8 Å². The van der Waals surface area contributed by atoms with Crippen molar-refractivity contribution < 1.29 is 33.9 Å². The fourth-order valence-corrected chi connectivity index (χ4v) is 2.98. The number of nitrogens with zero attached hydrogens (tertiary/aromatic N) is 1. The maximum atomic E-state index is 13.1. The van der Waals surface area contributed by atoms with Crippen LogP contribution in [-0.2, 0) is 28.8 Å². The number of primary amides is 2. The summed E-state index contributed by atoms with van der Waals surface area (Å²) in [4.78, 5) is 75.7. The number of nitrogens with one attached hydrogen (secondary N) is 3. The molecule has 0 spiro atoms. The molecular weight excluding hydrogens is 478 g/mol. The van der Waals surface area contributed by atoms with Crippen LogP contribution in [0.15, 0.2) is 4.99 Å². The van der Waals surface area contributed by atoms with Gasteiger partial charge in [0.2, 0.25) is 29.5 Å². The van der Waals surface area contributed by atoms with E-state index in [0.29, 0.717) is 6.42 Å². The molecule has 16 heteroatoms. The van der Waals surface area contributed by atoms with Gasteiger partial charge in [-0.2, -0.15) is 0 Å². The van der Waals surface area contributed by atoms with E-state index in [2.05, 4.69) is 20.9 Å². The minimum Gasteiger partial charge on any atom is -0.480 e. The lowest BCUT2D eigenvalue weighted by Gasteiger charge is -2.27. The summed E-state index contributed by atoms with van der Waals surface area (Å²) < 4.78 is 0. The Labute approximate surface area is 208 Å². The van der Waals surface area contributed by atoms with Gasteiger partial charge in [0, 0.05) is 6.54 Å². The highest BCUT2D eigenvalue weighted by Gasteiger charge is 2.32. The van der Waals surface area contributed by atoms with Gasteiger partial charge in [-0.15, -0.1) is 0 Å². The Morgan fingerprint density at radius 1 is 0.833 bits per heavy atom. The number of carbonyl (C=O) groups excluding carboxylic acids is 5. The molecule has 0 saturated carbocycles. The number of hydrogen-bond donors (Lipinski definition) is 9. The van der Waals surface area contributed by atoms with Crippen LogP contribution in [0, 0.1) is 5.92 Å².